The highest BCUT2D eigenvalue weighted by atomic mass is 35.5. The first kappa shape index (κ1) is 14.2. The molecule has 2 aromatic heterocycles. The van der Waals surface area contributed by atoms with E-state index in [1.54, 1.807) is 37.5 Å². The van der Waals surface area contributed by atoms with Gasteiger partial charge in [-0.3, -0.25) is 19.3 Å². The number of rotatable bonds is 2. The molecule has 1 aromatic carbocycles. The highest BCUT2D eigenvalue weighted by Gasteiger charge is 2.17. The number of anilines is 1. The number of pyridine rings is 1. The molecular formula is C15H11ClN4O2. The van der Waals surface area contributed by atoms with Gasteiger partial charge in [0.2, 0.25) is 5.43 Å². The zero-order chi connectivity index (χ0) is 15.7. The summed E-state index contributed by atoms with van der Waals surface area (Å²) in [5.41, 5.74) is 0.438. The zero-order valence-electron chi connectivity index (χ0n) is 11.6. The molecule has 1 N–H and O–H groups in total. The molecule has 7 heteroatoms. The van der Waals surface area contributed by atoms with Gasteiger partial charge < -0.3 is 5.32 Å². The van der Waals surface area contributed by atoms with Crippen molar-refractivity contribution in [3.05, 3.63) is 63.7 Å². The van der Waals surface area contributed by atoms with Gasteiger partial charge in [0, 0.05) is 18.3 Å². The van der Waals surface area contributed by atoms with Crippen LogP contribution in [-0.2, 0) is 7.05 Å². The third-order valence-corrected chi connectivity index (χ3v) is 3.39. The van der Waals surface area contributed by atoms with Gasteiger partial charge in [-0.25, -0.2) is 0 Å². The molecule has 0 spiro atoms. The number of aryl methyl sites for hydroxylation is 1. The number of nitrogens with zero attached hydrogens (tertiary/aromatic N) is 3. The standard InChI is InChI=1S/C15H11ClN4O2/c1-20-12-5-4-9(16)7-11(12)14(21)13(19-20)15(22)18-10-3-2-6-17-8-10/h2-8H,1H3,(H,18,22). The maximum absolute atomic E-state index is 12.5. The zero-order valence-corrected chi connectivity index (χ0v) is 12.3. The highest BCUT2D eigenvalue weighted by Crippen LogP contribution is 2.16. The molecule has 3 aromatic rings. The minimum Gasteiger partial charge on any atom is -0.319 e. The van der Waals surface area contributed by atoms with E-state index in [0.717, 1.165) is 0 Å². The Morgan fingerprint density at radius 2 is 2.14 bits per heavy atom. The summed E-state index contributed by atoms with van der Waals surface area (Å²) in [6.07, 6.45) is 3.07. The van der Waals surface area contributed by atoms with E-state index < -0.39 is 11.3 Å². The lowest BCUT2D eigenvalue weighted by Crippen LogP contribution is -2.26. The normalized spacial score (nSPS) is 10.6. The van der Waals surface area contributed by atoms with Crippen molar-refractivity contribution in [1.29, 1.82) is 0 Å². The summed E-state index contributed by atoms with van der Waals surface area (Å²) in [5.74, 6) is -0.588. The van der Waals surface area contributed by atoms with Crippen molar-refractivity contribution in [3.63, 3.8) is 0 Å². The molecule has 0 bridgehead atoms. The van der Waals surface area contributed by atoms with E-state index in [2.05, 4.69) is 15.4 Å². The first-order valence-corrected chi connectivity index (χ1v) is 6.82. The van der Waals surface area contributed by atoms with Crippen LogP contribution < -0.4 is 10.7 Å². The summed E-state index contributed by atoms with van der Waals surface area (Å²) in [4.78, 5) is 28.6. The van der Waals surface area contributed by atoms with E-state index in [4.69, 9.17) is 11.6 Å². The molecule has 0 saturated carbocycles. The summed E-state index contributed by atoms with van der Waals surface area (Å²) in [6, 6.07) is 8.24. The molecule has 0 aliphatic heterocycles. The van der Waals surface area contributed by atoms with Crippen LogP contribution in [0.15, 0.2) is 47.5 Å². The second-order valence-corrected chi connectivity index (χ2v) is 5.10. The summed E-state index contributed by atoms with van der Waals surface area (Å²) in [7, 11) is 1.66. The van der Waals surface area contributed by atoms with Gasteiger partial charge in [-0.2, -0.15) is 5.10 Å². The molecule has 0 saturated heterocycles. The van der Waals surface area contributed by atoms with Crippen LogP contribution in [0.1, 0.15) is 10.5 Å². The maximum atomic E-state index is 12.5. The number of aromatic nitrogens is 3. The molecular weight excluding hydrogens is 304 g/mol. The average Bonchev–Trinajstić information content (AvgIpc) is 2.51. The van der Waals surface area contributed by atoms with Crippen LogP contribution in [-0.4, -0.2) is 20.7 Å². The number of hydrogen-bond donors (Lipinski definition) is 1. The topological polar surface area (TPSA) is 76.9 Å². The lowest BCUT2D eigenvalue weighted by atomic mass is 10.2. The molecule has 0 radical (unpaired) electrons. The minimum absolute atomic E-state index is 0.193. The van der Waals surface area contributed by atoms with Gasteiger partial charge in [0.25, 0.3) is 5.91 Å². The number of carbonyl (C=O) groups excluding carboxylic acids is 1. The number of nitrogens with one attached hydrogen (secondary N) is 1. The molecule has 110 valence electrons. The molecule has 3 rings (SSSR count). The summed E-state index contributed by atoms with van der Waals surface area (Å²) in [5, 5.41) is 7.42. The predicted molar refractivity (Wildman–Crippen MR) is 84.2 cm³/mol. The molecule has 0 fully saturated rings. The summed E-state index contributed by atoms with van der Waals surface area (Å²) >= 11 is 5.93. The fourth-order valence-electron chi connectivity index (χ4n) is 2.12. The maximum Gasteiger partial charge on any atom is 0.280 e. The van der Waals surface area contributed by atoms with Crippen LogP contribution in [0.5, 0.6) is 0 Å². The second kappa shape index (κ2) is 5.57. The van der Waals surface area contributed by atoms with Crippen molar-refractivity contribution in [1.82, 2.24) is 14.8 Å². The summed E-state index contributed by atoms with van der Waals surface area (Å²) < 4.78 is 1.48. The van der Waals surface area contributed by atoms with Crippen molar-refractivity contribution in [2.75, 3.05) is 5.32 Å². The van der Waals surface area contributed by atoms with E-state index in [1.165, 1.54) is 16.9 Å². The largest absolute Gasteiger partial charge is 0.319 e. The Morgan fingerprint density at radius 1 is 1.32 bits per heavy atom. The Labute approximate surface area is 130 Å². The van der Waals surface area contributed by atoms with Crippen molar-refractivity contribution in [2.24, 2.45) is 7.05 Å². The molecule has 1 amide bonds. The number of halogens is 1. The van der Waals surface area contributed by atoms with Gasteiger partial charge >= 0.3 is 0 Å². The minimum atomic E-state index is -0.588. The third-order valence-electron chi connectivity index (χ3n) is 3.15. The Balaban J connectivity index is 2.09. The van der Waals surface area contributed by atoms with Gasteiger partial charge in [0.15, 0.2) is 5.69 Å². The van der Waals surface area contributed by atoms with Crippen molar-refractivity contribution < 1.29 is 4.79 Å². The van der Waals surface area contributed by atoms with E-state index in [0.29, 0.717) is 21.6 Å². The summed E-state index contributed by atoms with van der Waals surface area (Å²) in [6.45, 7) is 0. The smallest absolute Gasteiger partial charge is 0.280 e. The number of fused-ring (bicyclic) bond motifs is 1. The van der Waals surface area contributed by atoms with Crippen LogP contribution in [0.4, 0.5) is 5.69 Å². The molecule has 2 heterocycles. The fourth-order valence-corrected chi connectivity index (χ4v) is 2.30. The van der Waals surface area contributed by atoms with Crippen LogP contribution in [0.25, 0.3) is 10.9 Å². The lowest BCUT2D eigenvalue weighted by Gasteiger charge is -2.08. The van der Waals surface area contributed by atoms with Crippen LogP contribution >= 0.6 is 11.6 Å². The molecule has 22 heavy (non-hydrogen) atoms. The quantitative estimate of drug-likeness (QED) is 0.787. The number of amides is 1. The van der Waals surface area contributed by atoms with Crippen molar-refractivity contribution in [3.8, 4) is 0 Å². The first-order chi connectivity index (χ1) is 10.6. The van der Waals surface area contributed by atoms with Crippen LogP contribution in [0.2, 0.25) is 5.02 Å². The van der Waals surface area contributed by atoms with Gasteiger partial charge in [-0.15, -0.1) is 0 Å². The molecule has 0 unspecified atom stereocenters. The highest BCUT2D eigenvalue weighted by molar-refractivity contribution is 6.31. The monoisotopic (exact) mass is 314 g/mol. The van der Waals surface area contributed by atoms with Gasteiger partial charge in [-0.05, 0) is 30.3 Å². The van der Waals surface area contributed by atoms with Gasteiger partial charge in [0.1, 0.15) is 0 Å². The second-order valence-electron chi connectivity index (χ2n) is 4.66. The average molecular weight is 315 g/mol. The van der Waals surface area contributed by atoms with E-state index in [-0.39, 0.29) is 5.69 Å². The van der Waals surface area contributed by atoms with E-state index in [1.807, 2.05) is 0 Å². The van der Waals surface area contributed by atoms with E-state index in [9.17, 15) is 9.59 Å². The van der Waals surface area contributed by atoms with Crippen LogP contribution in [0.3, 0.4) is 0 Å². The predicted octanol–water partition coefficient (Wildman–Crippen LogP) is 2.23. The number of benzene rings is 1. The molecule has 0 aliphatic carbocycles. The third kappa shape index (κ3) is 2.56. The molecule has 6 nitrogen and oxygen atoms in total. The van der Waals surface area contributed by atoms with Crippen molar-refractivity contribution in [2.45, 2.75) is 0 Å². The molecule has 0 atom stereocenters. The SMILES string of the molecule is Cn1nc(C(=O)Nc2cccnc2)c(=O)c2cc(Cl)ccc21. The van der Waals surface area contributed by atoms with Gasteiger partial charge in [-0.1, -0.05) is 11.6 Å². The Hall–Kier alpha value is -2.73. The Kier molecular flexibility index (Phi) is 3.60. The van der Waals surface area contributed by atoms with E-state index >= 15 is 0 Å². The number of carbonyl (C=O) groups is 1. The number of hydrogen-bond acceptors (Lipinski definition) is 4. The fraction of sp³-hybridized carbons (Fsp3) is 0.0667. The first-order valence-electron chi connectivity index (χ1n) is 6.44. The Morgan fingerprint density at radius 3 is 2.86 bits per heavy atom. The van der Waals surface area contributed by atoms with Crippen LogP contribution in [0, 0.1) is 0 Å². The lowest BCUT2D eigenvalue weighted by molar-refractivity contribution is 0.101. The van der Waals surface area contributed by atoms with Crippen molar-refractivity contribution >= 4 is 34.1 Å². The molecule has 0 aliphatic rings. The Bertz CT molecular complexity index is 922. The van der Waals surface area contributed by atoms with Gasteiger partial charge in [0.05, 0.1) is 22.8 Å².